The lowest BCUT2D eigenvalue weighted by atomic mass is 10.2. The number of hydrazone groups is 1. The number of nitrogens with zero attached hydrogens (tertiary/aromatic N) is 2. The smallest absolute Gasteiger partial charge is 0.203 e. The van der Waals surface area contributed by atoms with Crippen molar-refractivity contribution in [1.29, 1.82) is 0 Å². The first-order valence-electron chi connectivity index (χ1n) is 4.19. The molecule has 70 valence electrons. The third-order valence-corrected chi connectivity index (χ3v) is 2.28. The van der Waals surface area contributed by atoms with Crippen molar-refractivity contribution in [3.63, 3.8) is 0 Å². The topological polar surface area (TPSA) is 37.3 Å². The van der Waals surface area contributed by atoms with Gasteiger partial charge in [-0.15, -0.1) is 11.3 Å². The second-order valence-corrected chi connectivity index (χ2v) is 3.51. The fourth-order valence-corrected chi connectivity index (χ4v) is 1.46. The third kappa shape index (κ3) is 2.40. The van der Waals surface area contributed by atoms with Gasteiger partial charge in [0.1, 0.15) is 0 Å². The molecule has 1 aromatic carbocycles. The van der Waals surface area contributed by atoms with Crippen molar-refractivity contribution in [2.45, 2.75) is 0 Å². The standard InChI is InChI=1S/C10H9N3S/c1-2-4-9(5-3-1)8-12-13-10-11-6-7-14-10/h1-8H,(H,11,13). The number of hydrogen-bond donors (Lipinski definition) is 1. The van der Waals surface area contributed by atoms with Crippen LogP contribution in [0, 0.1) is 0 Å². The maximum Gasteiger partial charge on any atom is 0.203 e. The van der Waals surface area contributed by atoms with E-state index >= 15 is 0 Å². The van der Waals surface area contributed by atoms with Crippen molar-refractivity contribution in [3.05, 3.63) is 47.5 Å². The summed E-state index contributed by atoms with van der Waals surface area (Å²) in [4.78, 5) is 4.04. The summed E-state index contributed by atoms with van der Waals surface area (Å²) in [6.07, 6.45) is 3.51. The molecule has 0 saturated carbocycles. The van der Waals surface area contributed by atoms with Crippen molar-refractivity contribution in [3.8, 4) is 0 Å². The van der Waals surface area contributed by atoms with Crippen LogP contribution in [-0.4, -0.2) is 11.2 Å². The molecule has 0 aliphatic heterocycles. The molecular weight excluding hydrogens is 194 g/mol. The Balaban J connectivity index is 1.96. The minimum atomic E-state index is 0.803. The first-order valence-corrected chi connectivity index (χ1v) is 5.07. The van der Waals surface area contributed by atoms with Crippen LogP contribution in [0.2, 0.25) is 0 Å². The zero-order chi connectivity index (χ0) is 9.64. The third-order valence-electron chi connectivity index (χ3n) is 1.61. The molecule has 1 heterocycles. The average molecular weight is 203 g/mol. The number of anilines is 1. The lowest BCUT2D eigenvalue weighted by Gasteiger charge is -1.92. The number of hydrogen-bond acceptors (Lipinski definition) is 4. The molecule has 0 atom stereocenters. The van der Waals surface area contributed by atoms with Gasteiger partial charge in [-0.3, -0.25) is 5.43 Å². The summed E-state index contributed by atoms with van der Waals surface area (Å²) in [5.74, 6) is 0. The molecule has 0 aliphatic carbocycles. The molecule has 14 heavy (non-hydrogen) atoms. The van der Waals surface area contributed by atoms with E-state index in [1.807, 2.05) is 35.7 Å². The molecule has 4 heteroatoms. The molecule has 0 fully saturated rings. The summed E-state index contributed by atoms with van der Waals surface area (Å²) in [5.41, 5.74) is 3.92. The maximum absolute atomic E-state index is 4.06. The molecular formula is C10H9N3S. The number of thiazole rings is 1. The molecule has 2 aromatic rings. The van der Waals surface area contributed by atoms with Crippen molar-refractivity contribution < 1.29 is 0 Å². The van der Waals surface area contributed by atoms with Crippen molar-refractivity contribution in [1.82, 2.24) is 4.98 Å². The molecule has 1 aromatic heterocycles. The quantitative estimate of drug-likeness (QED) is 0.615. The van der Waals surface area contributed by atoms with E-state index in [0.29, 0.717) is 0 Å². The first-order chi connectivity index (χ1) is 6.95. The number of nitrogens with one attached hydrogen (secondary N) is 1. The number of aromatic nitrogens is 1. The van der Waals surface area contributed by atoms with Gasteiger partial charge < -0.3 is 0 Å². The molecule has 0 bridgehead atoms. The van der Waals surface area contributed by atoms with Crippen molar-refractivity contribution in [2.24, 2.45) is 5.10 Å². The predicted molar refractivity (Wildman–Crippen MR) is 59.8 cm³/mol. The summed E-state index contributed by atoms with van der Waals surface area (Å²) >= 11 is 1.52. The molecule has 0 radical (unpaired) electrons. The van der Waals surface area contributed by atoms with E-state index in [2.05, 4.69) is 15.5 Å². The Morgan fingerprint density at radius 2 is 2.14 bits per heavy atom. The Morgan fingerprint density at radius 3 is 2.86 bits per heavy atom. The van der Waals surface area contributed by atoms with Gasteiger partial charge in [0, 0.05) is 11.6 Å². The van der Waals surface area contributed by atoms with Gasteiger partial charge >= 0.3 is 0 Å². The van der Waals surface area contributed by atoms with Crippen LogP contribution in [0.4, 0.5) is 5.13 Å². The minimum absolute atomic E-state index is 0.803. The largest absolute Gasteiger partial charge is 0.253 e. The highest BCUT2D eigenvalue weighted by Crippen LogP contribution is 2.09. The molecule has 3 nitrogen and oxygen atoms in total. The first kappa shape index (κ1) is 8.90. The van der Waals surface area contributed by atoms with Crippen LogP contribution in [0.1, 0.15) is 5.56 Å². The SMILES string of the molecule is C(=NNc1nccs1)c1ccccc1. The summed E-state index contributed by atoms with van der Waals surface area (Å²) < 4.78 is 0. The van der Waals surface area contributed by atoms with Gasteiger partial charge in [-0.1, -0.05) is 30.3 Å². The van der Waals surface area contributed by atoms with E-state index in [1.54, 1.807) is 12.4 Å². The Morgan fingerprint density at radius 1 is 1.29 bits per heavy atom. The maximum atomic E-state index is 4.06. The summed E-state index contributed by atoms with van der Waals surface area (Å²) in [5, 5.41) is 6.76. The van der Waals surface area contributed by atoms with Gasteiger partial charge in [0.05, 0.1) is 6.21 Å². The van der Waals surface area contributed by atoms with E-state index in [1.165, 1.54) is 11.3 Å². The van der Waals surface area contributed by atoms with Crippen molar-refractivity contribution >= 4 is 22.7 Å². The molecule has 0 spiro atoms. The van der Waals surface area contributed by atoms with Crippen LogP contribution in [0.25, 0.3) is 0 Å². The number of benzene rings is 1. The monoisotopic (exact) mass is 203 g/mol. The average Bonchev–Trinajstić information content (AvgIpc) is 2.72. The van der Waals surface area contributed by atoms with Crippen molar-refractivity contribution in [2.75, 3.05) is 5.43 Å². The highest BCUT2D eigenvalue weighted by Gasteiger charge is 1.88. The Labute approximate surface area is 86.1 Å². The van der Waals surface area contributed by atoms with E-state index in [-0.39, 0.29) is 0 Å². The van der Waals surface area contributed by atoms with E-state index in [0.717, 1.165) is 10.7 Å². The van der Waals surface area contributed by atoms with Gasteiger partial charge in [-0.05, 0) is 5.56 Å². The highest BCUT2D eigenvalue weighted by molar-refractivity contribution is 7.13. The summed E-state index contributed by atoms with van der Waals surface area (Å²) in [7, 11) is 0. The highest BCUT2D eigenvalue weighted by atomic mass is 32.1. The second-order valence-electron chi connectivity index (χ2n) is 2.62. The lowest BCUT2D eigenvalue weighted by Crippen LogP contribution is -1.88. The molecule has 0 unspecified atom stereocenters. The van der Waals surface area contributed by atoms with E-state index < -0.39 is 0 Å². The van der Waals surface area contributed by atoms with Gasteiger partial charge in [0.25, 0.3) is 0 Å². The zero-order valence-corrected chi connectivity index (χ0v) is 8.24. The molecule has 0 amide bonds. The fraction of sp³-hybridized carbons (Fsp3) is 0. The Bertz CT molecular complexity index is 395. The zero-order valence-electron chi connectivity index (χ0n) is 7.42. The van der Waals surface area contributed by atoms with Crippen LogP contribution < -0.4 is 5.43 Å². The van der Waals surface area contributed by atoms with Crippen LogP contribution >= 0.6 is 11.3 Å². The lowest BCUT2D eigenvalue weighted by molar-refractivity contribution is 1.29. The fourth-order valence-electron chi connectivity index (χ4n) is 0.980. The minimum Gasteiger partial charge on any atom is -0.253 e. The molecule has 0 aliphatic rings. The van der Waals surface area contributed by atoms with Crippen LogP contribution in [-0.2, 0) is 0 Å². The second kappa shape index (κ2) is 4.53. The van der Waals surface area contributed by atoms with E-state index in [9.17, 15) is 0 Å². The Hall–Kier alpha value is -1.68. The summed E-state index contributed by atoms with van der Waals surface area (Å²) in [6.45, 7) is 0. The van der Waals surface area contributed by atoms with Crippen LogP contribution in [0.3, 0.4) is 0 Å². The van der Waals surface area contributed by atoms with Gasteiger partial charge in [-0.2, -0.15) is 5.10 Å². The van der Waals surface area contributed by atoms with E-state index in [4.69, 9.17) is 0 Å². The predicted octanol–water partition coefficient (Wildman–Crippen LogP) is 2.59. The summed E-state index contributed by atoms with van der Waals surface area (Å²) in [6, 6.07) is 9.92. The normalized spacial score (nSPS) is 10.6. The van der Waals surface area contributed by atoms with Crippen LogP contribution in [0.15, 0.2) is 47.0 Å². The molecule has 0 saturated heterocycles. The van der Waals surface area contributed by atoms with Gasteiger partial charge in [-0.25, -0.2) is 4.98 Å². The molecule has 2 rings (SSSR count). The number of rotatable bonds is 3. The van der Waals surface area contributed by atoms with Gasteiger partial charge in [0.15, 0.2) is 0 Å². The van der Waals surface area contributed by atoms with Gasteiger partial charge in [0.2, 0.25) is 5.13 Å². The van der Waals surface area contributed by atoms with Crippen LogP contribution in [0.5, 0.6) is 0 Å². The molecule has 1 N–H and O–H groups in total. The Kier molecular flexibility index (Phi) is 2.88.